The predicted octanol–water partition coefficient (Wildman–Crippen LogP) is 2.17. The van der Waals surface area contributed by atoms with E-state index in [2.05, 4.69) is 0 Å². The fourth-order valence-electron chi connectivity index (χ4n) is 1.90. The molecule has 1 aromatic rings. The van der Waals surface area contributed by atoms with E-state index >= 15 is 0 Å². The minimum atomic E-state index is -1.13. The van der Waals surface area contributed by atoms with Gasteiger partial charge in [-0.3, -0.25) is 4.79 Å². The molecule has 1 N–H and O–H groups in total. The highest BCUT2D eigenvalue weighted by Crippen LogP contribution is 2.39. The third kappa shape index (κ3) is 1.90. The van der Waals surface area contributed by atoms with E-state index < -0.39 is 12.1 Å². The zero-order chi connectivity index (χ0) is 13.4. The topological polar surface area (TPSA) is 66.8 Å². The number of aromatic carboxylic acids is 1. The second kappa shape index (κ2) is 4.49. The zero-order valence-electron chi connectivity index (χ0n) is 9.94. The summed E-state index contributed by atoms with van der Waals surface area (Å²) in [4.78, 5) is 24.5. The molecule has 1 amide bonds. The number of anilines is 1. The molecule has 1 atom stereocenters. The van der Waals surface area contributed by atoms with Crippen molar-refractivity contribution >= 4 is 29.2 Å². The first-order valence-electron chi connectivity index (χ1n) is 5.46. The van der Waals surface area contributed by atoms with E-state index in [-0.39, 0.29) is 22.2 Å². The summed E-state index contributed by atoms with van der Waals surface area (Å²) in [6, 6.07) is 2.84. The molecular weight excluding hydrogens is 258 g/mol. The van der Waals surface area contributed by atoms with E-state index in [0.717, 1.165) is 0 Å². The lowest BCUT2D eigenvalue weighted by molar-refractivity contribution is -0.126. The van der Waals surface area contributed by atoms with Crippen LogP contribution in [0.1, 0.15) is 23.7 Å². The number of carboxylic acids is 1. The van der Waals surface area contributed by atoms with Gasteiger partial charge in [0.1, 0.15) is 5.56 Å². The van der Waals surface area contributed by atoms with Crippen molar-refractivity contribution in [2.45, 2.75) is 19.4 Å². The van der Waals surface area contributed by atoms with Gasteiger partial charge >= 0.3 is 5.97 Å². The maximum atomic E-state index is 11.9. The number of likely N-dealkylation sites (N-methyl/N-ethyl adjacent to an activating group) is 1. The molecule has 0 aromatic heterocycles. The number of nitrogens with zero attached hydrogens (tertiary/aromatic N) is 1. The molecule has 0 fully saturated rings. The molecule has 1 aliphatic heterocycles. The molecule has 6 heteroatoms. The molecule has 0 spiro atoms. The molecule has 0 bridgehead atoms. The Morgan fingerprint density at radius 2 is 2.22 bits per heavy atom. The standard InChI is InChI=1S/C12H12ClNO4/c1-3-9-11(15)14(2)8-5-6(13)4-7(12(16)17)10(8)18-9/h4-5,9H,3H2,1-2H3,(H,16,17). The lowest BCUT2D eigenvalue weighted by atomic mass is 10.1. The Morgan fingerprint density at radius 1 is 1.56 bits per heavy atom. The number of halogens is 1. The maximum absolute atomic E-state index is 11.9. The number of fused-ring (bicyclic) bond motifs is 1. The summed E-state index contributed by atoms with van der Waals surface area (Å²) in [5, 5.41) is 9.39. The fraction of sp³-hybridized carbons (Fsp3) is 0.333. The number of amides is 1. The van der Waals surface area contributed by atoms with Crippen LogP contribution in [-0.2, 0) is 4.79 Å². The highest BCUT2D eigenvalue weighted by molar-refractivity contribution is 6.31. The molecule has 1 heterocycles. The lowest BCUT2D eigenvalue weighted by Gasteiger charge is -2.32. The van der Waals surface area contributed by atoms with Gasteiger partial charge in [-0.2, -0.15) is 0 Å². The maximum Gasteiger partial charge on any atom is 0.339 e. The van der Waals surface area contributed by atoms with Crippen LogP contribution < -0.4 is 9.64 Å². The summed E-state index contributed by atoms with van der Waals surface area (Å²) in [7, 11) is 1.58. The third-order valence-corrected chi connectivity index (χ3v) is 3.08. The average Bonchev–Trinajstić information content (AvgIpc) is 2.33. The van der Waals surface area contributed by atoms with Gasteiger partial charge < -0.3 is 14.7 Å². The highest BCUT2D eigenvalue weighted by atomic mass is 35.5. The number of carbonyl (C=O) groups is 2. The zero-order valence-corrected chi connectivity index (χ0v) is 10.7. The van der Waals surface area contributed by atoms with Crippen molar-refractivity contribution in [3.63, 3.8) is 0 Å². The first-order chi connectivity index (χ1) is 8.45. The summed E-state index contributed by atoms with van der Waals surface area (Å²) >= 11 is 5.85. The molecule has 18 heavy (non-hydrogen) atoms. The van der Waals surface area contributed by atoms with Crippen LogP contribution in [0.4, 0.5) is 5.69 Å². The number of hydrogen-bond donors (Lipinski definition) is 1. The van der Waals surface area contributed by atoms with Gasteiger partial charge in [0.15, 0.2) is 11.9 Å². The van der Waals surface area contributed by atoms with E-state index in [9.17, 15) is 9.59 Å². The van der Waals surface area contributed by atoms with Gasteiger partial charge in [-0.05, 0) is 18.6 Å². The van der Waals surface area contributed by atoms with Crippen LogP contribution in [0.15, 0.2) is 12.1 Å². The van der Waals surface area contributed by atoms with Crippen LogP contribution in [0.2, 0.25) is 5.02 Å². The number of carbonyl (C=O) groups excluding carboxylic acids is 1. The predicted molar refractivity (Wildman–Crippen MR) is 66.5 cm³/mol. The van der Waals surface area contributed by atoms with Crippen molar-refractivity contribution < 1.29 is 19.4 Å². The molecule has 1 aromatic carbocycles. The first-order valence-corrected chi connectivity index (χ1v) is 5.84. The largest absolute Gasteiger partial charge is 0.478 e. The minimum absolute atomic E-state index is 0.0321. The van der Waals surface area contributed by atoms with Crippen LogP contribution >= 0.6 is 11.6 Å². The van der Waals surface area contributed by atoms with Gasteiger partial charge in [0.2, 0.25) is 0 Å². The van der Waals surface area contributed by atoms with Crippen molar-refractivity contribution in [3.05, 3.63) is 22.7 Å². The van der Waals surface area contributed by atoms with E-state index in [4.69, 9.17) is 21.4 Å². The van der Waals surface area contributed by atoms with Gasteiger partial charge in [0.25, 0.3) is 5.91 Å². The summed E-state index contributed by atoms with van der Waals surface area (Å²) in [6.07, 6.45) is -0.175. The minimum Gasteiger partial charge on any atom is -0.478 e. The molecule has 0 saturated heterocycles. The van der Waals surface area contributed by atoms with Crippen molar-refractivity contribution in [2.75, 3.05) is 11.9 Å². The Bertz CT molecular complexity index is 529. The molecule has 5 nitrogen and oxygen atoms in total. The van der Waals surface area contributed by atoms with Crippen molar-refractivity contribution in [1.82, 2.24) is 0 Å². The van der Waals surface area contributed by atoms with Crippen molar-refractivity contribution in [2.24, 2.45) is 0 Å². The van der Waals surface area contributed by atoms with E-state index in [1.165, 1.54) is 17.0 Å². The van der Waals surface area contributed by atoms with Gasteiger partial charge in [-0.25, -0.2) is 4.79 Å². The van der Waals surface area contributed by atoms with Crippen LogP contribution in [0.25, 0.3) is 0 Å². The Hall–Kier alpha value is -1.75. The summed E-state index contributed by atoms with van der Waals surface area (Å²) in [6.45, 7) is 1.80. The Morgan fingerprint density at radius 3 is 2.78 bits per heavy atom. The van der Waals surface area contributed by atoms with Crippen molar-refractivity contribution in [3.8, 4) is 5.75 Å². The van der Waals surface area contributed by atoms with Crippen LogP contribution in [0.3, 0.4) is 0 Å². The molecule has 0 aliphatic carbocycles. The molecule has 0 saturated carbocycles. The Balaban J connectivity index is 2.62. The van der Waals surface area contributed by atoms with E-state index in [0.29, 0.717) is 12.1 Å². The second-order valence-electron chi connectivity index (χ2n) is 4.02. The SMILES string of the molecule is CCC1Oc2c(C(=O)O)cc(Cl)cc2N(C)C1=O. The van der Waals surface area contributed by atoms with Crippen LogP contribution in [0, 0.1) is 0 Å². The molecular formula is C12H12ClNO4. The second-order valence-corrected chi connectivity index (χ2v) is 4.46. The molecule has 2 rings (SSSR count). The van der Waals surface area contributed by atoms with Crippen LogP contribution in [-0.4, -0.2) is 30.1 Å². The number of benzene rings is 1. The number of carboxylic acid groups (broad SMARTS) is 1. The summed E-state index contributed by atoms with van der Waals surface area (Å²) < 4.78 is 5.48. The highest BCUT2D eigenvalue weighted by Gasteiger charge is 2.34. The molecule has 1 aliphatic rings. The average molecular weight is 270 g/mol. The smallest absolute Gasteiger partial charge is 0.339 e. The lowest BCUT2D eigenvalue weighted by Crippen LogP contribution is -2.43. The normalized spacial score (nSPS) is 18.3. The molecule has 1 unspecified atom stereocenters. The Labute approximate surface area is 109 Å². The quantitative estimate of drug-likeness (QED) is 0.893. The summed E-state index contributed by atoms with van der Waals surface area (Å²) in [5.74, 6) is -1.14. The third-order valence-electron chi connectivity index (χ3n) is 2.86. The summed E-state index contributed by atoms with van der Waals surface area (Å²) in [5.41, 5.74) is 0.352. The van der Waals surface area contributed by atoms with Crippen molar-refractivity contribution in [1.29, 1.82) is 0 Å². The van der Waals surface area contributed by atoms with Crippen LogP contribution in [0.5, 0.6) is 5.75 Å². The van der Waals surface area contributed by atoms with Gasteiger partial charge in [-0.1, -0.05) is 18.5 Å². The Kier molecular flexibility index (Phi) is 3.17. The first kappa shape index (κ1) is 12.7. The monoisotopic (exact) mass is 269 g/mol. The fourth-order valence-corrected chi connectivity index (χ4v) is 2.11. The number of ether oxygens (including phenoxy) is 1. The van der Waals surface area contributed by atoms with E-state index in [1.54, 1.807) is 14.0 Å². The van der Waals surface area contributed by atoms with Gasteiger partial charge in [-0.15, -0.1) is 0 Å². The van der Waals surface area contributed by atoms with Gasteiger partial charge in [0.05, 0.1) is 5.69 Å². The number of hydrogen-bond acceptors (Lipinski definition) is 3. The molecule has 0 radical (unpaired) electrons. The molecule has 96 valence electrons. The van der Waals surface area contributed by atoms with Gasteiger partial charge in [0, 0.05) is 12.1 Å². The van der Waals surface area contributed by atoms with E-state index in [1.807, 2.05) is 0 Å². The number of rotatable bonds is 2.